The van der Waals surface area contributed by atoms with E-state index in [0.717, 1.165) is 48.1 Å². The molecule has 0 aliphatic heterocycles. The normalized spacial score (nSPS) is 11.7. The van der Waals surface area contributed by atoms with Crippen molar-refractivity contribution in [3.8, 4) is 11.1 Å². The summed E-state index contributed by atoms with van der Waals surface area (Å²) in [5.74, 6) is -0.748. The Morgan fingerprint density at radius 3 is 2.55 bits per heavy atom. The van der Waals surface area contributed by atoms with Gasteiger partial charge in [0, 0.05) is 28.9 Å². The van der Waals surface area contributed by atoms with Crippen molar-refractivity contribution >= 4 is 40.7 Å². The van der Waals surface area contributed by atoms with Crippen molar-refractivity contribution in [2.45, 2.75) is 58.7 Å². The third-order valence-electron chi connectivity index (χ3n) is 7.31. The van der Waals surface area contributed by atoms with Gasteiger partial charge in [0.1, 0.15) is 6.04 Å². The van der Waals surface area contributed by atoms with E-state index in [2.05, 4.69) is 52.5 Å². The van der Waals surface area contributed by atoms with E-state index in [-0.39, 0.29) is 5.91 Å². The number of aromatic nitrogens is 1. The van der Waals surface area contributed by atoms with Gasteiger partial charge >= 0.3 is 5.97 Å². The molecule has 1 amide bonds. The van der Waals surface area contributed by atoms with Crippen LogP contribution in [0, 0.1) is 6.92 Å². The number of hydrogen-bond acceptors (Lipinski definition) is 6. The molecule has 6 nitrogen and oxygen atoms in total. The average molecular weight is 602 g/mol. The number of nitrogens with one attached hydrogen (secondary N) is 1. The highest BCUT2D eigenvalue weighted by Gasteiger charge is 2.23. The molecule has 3 aromatic carbocycles. The number of carboxylic acids is 1. The van der Waals surface area contributed by atoms with Gasteiger partial charge in [-0.3, -0.25) is 9.78 Å². The molecule has 4 rings (SSSR count). The monoisotopic (exact) mass is 601 g/mol. The van der Waals surface area contributed by atoms with Crippen LogP contribution in [0.1, 0.15) is 58.1 Å². The Hall–Kier alpha value is -3.62. The molecule has 0 unspecified atom stereocenters. The molecule has 220 valence electrons. The molecule has 0 saturated heterocycles. The number of thiazole rings is 1. The highest BCUT2D eigenvalue weighted by atomic mass is 32.2. The van der Waals surface area contributed by atoms with Crippen molar-refractivity contribution in [3.05, 3.63) is 106 Å². The molecule has 0 aliphatic carbocycles. The Kier molecular flexibility index (Phi) is 11.6. The number of hydrogen-bond donors (Lipinski definition) is 2. The van der Waals surface area contributed by atoms with Crippen molar-refractivity contribution in [3.63, 3.8) is 0 Å². The van der Waals surface area contributed by atoms with E-state index < -0.39 is 12.0 Å². The van der Waals surface area contributed by atoms with E-state index in [1.165, 1.54) is 16.1 Å². The van der Waals surface area contributed by atoms with Gasteiger partial charge in [-0.2, -0.15) is 11.8 Å². The number of aryl methyl sites for hydroxylation is 2. The fourth-order valence-corrected chi connectivity index (χ4v) is 6.15. The molecule has 8 heteroatoms. The van der Waals surface area contributed by atoms with Gasteiger partial charge < -0.3 is 15.3 Å². The van der Waals surface area contributed by atoms with Gasteiger partial charge in [0.25, 0.3) is 5.91 Å². The summed E-state index contributed by atoms with van der Waals surface area (Å²) >= 11 is 3.21. The summed E-state index contributed by atoms with van der Waals surface area (Å²) in [4.78, 5) is 33.3. The lowest BCUT2D eigenvalue weighted by Gasteiger charge is -2.27. The molecule has 4 aromatic rings. The van der Waals surface area contributed by atoms with E-state index in [4.69, 9.17) is 0 Å². The van der Waals surface area contributed by atoms with E-state index >= 15 is 0 Å². The number of anilines is 1. The third kappa shape index (κ3) is 8.23. The van der Waals surface area contributed by atoms with Gasteiger partial charge in [-0.1, -0.05) is 61.9 Å². The minimum absolute atomic E-state index is 0.365. The fourth-order valence-electron chi connectivity index (χ4n) is 5.07. The zero-order chi connectivity index (χ0) is 29.9. The maximum absolute atomic E-state index is 13.5. The molecule has 42 heavy (non-hydrogen) atoms. The van der Waals surface area contributed by atoms with Gasteiger partial charge in [0.05, 0.1) is 12.1 Å². The van der Waals surface area contributed by atoms with Crippen LogP contribution in [0.5, 0.6) is 0 Å². The number of amides is 1. The number of carboxylic acid groups (broad SMARTS) is 1. The van der Waals surface area contributed by atoms with Crippen LogP contribution in [-0.4, -0.2) is 40.0 Å². The van der Waals surface area contributed by atoms with E-state index in [1.54, 1.807) is 23.1 Å². The topological polar surface area (TPSA) is 82.5 Å². The second-order valence-electron chi connectivity index (χ2n) is 10.4. The Bertz CT molecular complexity index is 1470. The summed E-state index contributed by atoms with van der Waals surface area (Å²) in [5.41, 5.74) is 8.74. The second-order valence-corrected chi connectivity index (χ2v) is 12.4. The number of carbonyl (C=O) groups excluding carboxylic acids is 1. The van der Waals surface area contributed by atoms with E-state index in [0.29, 0.717) is 24.3 Å². The third-order valence-corrected chi connectivity index (χ3v) is 8.72. The summed E-state index contributed by atoms with van der Waals surface area (Å²) in [7, 11) is 0. The molecule has 0 bridgehead atoms. The predicted octanol–water partition coefficient (Wildman–Crippen LogP) is 7.60. The first-order valence-corrected chi connectivity index (χ1v) is 16.6. The Morgan fingerprint density at radius 2 is 1.83 bits per heavy atom. The molecule has 0 fully saturated rings. The SMILES string of the molecule is CCCCc1ccccc1N(Cc1ccc(C(=O)N[C@@H](CCSC)C(=O)O)c(-c2ccccc2C)c1)Cc1cncs1. The lowest BCUT2D eigenvalue weighted by atomic mass is 9.93. The molecule has 0 aliphatic rings. The van der Waals surface area contributed by atoms with Crippen molar-refractivity contribution in [1.29, 1.82) is 0 Å². The molecule has 0 radical (unpaired) electrons. The number of aliphatic carboxylic acids is 1. The summed E-state index contributed by atoms with van der Waals surface area (Å²) in [6, 6.07) is 21.6. The van der Waals surface area contributed by atoms with Crippen molar-refractivity contribution in [2.75, 3.05) is 16.9 Å². The molecule has 1 heterocycles. The van der Waals surface area contributed by atoms with Crippen LogP contribution < -0.4 is 10.2 Å². The Morgan fingerprint density at radius 1 is 1.05 bits per heavy atom. The summed E-state index contributed by atoms with van der Waals surface area (Å²) < 4.78 is 0. The van der Waals surface area contributed by atoms with Crippen LogP contribution in [0.2, 0.25) is 0 Å². The molecular weight excluding hydrogens is 563 g/mol. The maximum atomic E-state index is 13.5. The highest BCUT2D eigenvalue weighted by Crippen LogP contribution is 2.31. The Balaban J connectivity index is 1.73. The molecule has 0 saturated carbocycles. The lowest BCUT2D eigenvalue weighted by Crippen LogP contribution is -2.41. The first-order chi connectivity index (χ1) is 20.4. The quantitative estimate of drug-likeness (QED) is 0.146. The van der Waals surface area contributed by atoms with Crippen LogP contribution in [0.3, 0.4) is 0 Å². The molecular formula is C34H39N3O3S2. The number of unbranched alkanes of at least 4 members (excludes halogenated alkanes) is 1. The lowest BCUT2D eigenvalue weighted by molar-refractivity contribution is -0.139. The predicted molar refractivity (Wildman–Crippen MR) is 176 cm³/mol. The molecule has 1 aromatic heterocycles. The summed E-state index contributed by atoms with van der Waals surface area (Å²) in [6.07, 6.45) is 7.49. The first kappa shape index (κ1) is 31.3. The van der Waals surface area contributed by atoms with Crippen molar-refractivity contribution in [1.82, 2.24) is 10.3 Å². The standard InChI is InChI=1S/C34H39N3O3S2/c1-4-5-11-26-12-7-9-14-32(26)37(22-27-20-35-23-42-27)21-25-15-16-29(30(19-25)28-13-8-6-10-24(28)2)33(38)36-31(34(39)40)17-18-41-3/h6-10,12-16,19-20,23,31H,4-5,11,17-18,21-22H2,1-3H3,(H,36,38)(H,39,40)/t31-/m0/s1. The number of carbonyl (C=O) groups is 2. The smallest absolute Gasteiger partial charge is 0.326 e. The van der Waals surface area contributed by atoms with Crippen LogP contribution in [0.4, 0.5) is 5.69 Å². The minimum Gasteiger partial charge on any atom is -0.480 e. The summed E-state index contributed by atoms with van der Waals surface area (Å²) in [6.45, 7) is 5.62. The van der Waals surface area contributed by atoms with Gasteiger partial charge in [0.15, 0.2) is 0 Å². The van der Waals surface area contributed by atoms with Gasteiger partial charge in [-0.05, 0) is 84.2 Å². The zero-order valence-corrected chi connectivity index (χ0v) is 26.1. The average Bonchev–Trinajstić information content (AvgIpc) is 3.51. The first-order valence-electron chi connectivity index (χ1n) is 14.3. The summed E-state index contributed by atoms with van der Waals surface area (Å²) in [5, 5.41) is 12.5. The van der Waals surface area contributed by atoms with Gasteiger partial charge in [0.2, 0.25) is 0 Å². The van der Waals surface area contributed by atoms with E-state index in [9.17, 15) is 14.7 Å². The number of benzene rings is 3. The highest BCUT2D eigenvalue weighted by molar-refractivity contribution is 7.98. The second kappa shape index (κ2) is 15.6. The number of para-hydroxylation sites is 1. The number of rotatable bonds is 15. The number of thioether (sulfide) groups is 1. The van der Waals surface area contributed by atoms with Crippen LogP contribution in [-0.2, 0) is 24.3 Å². The molecule has 0 spiro atoms. The maximum Gasteiger partial charge on any atom is 0.326 e. The van der Waals surface area contributed by atoms with Crippen molar-refractivity contribution in [2.24, 2.45) is 0 Å². The fraction of sp³-hybridized carbons (Fsp3) is 0.324. The largest absolute Gasteiger partial charge is 0.480 e. The van der Waals surface area contributed by atoms with Gasteiger partial charge in [-0.25, -0.2) is 4.79 Å². The zero-order valence-electron chi connectivity index (χ0n) is 24.5. The number of nitrogens with zero attached hydrogens (tertiary/aromatic N) is 2. The van der Waals surface area contributed by atoms with Crippen LogP contribution >= 0.6 is 23.1 Å². The van der Waals surface area contributed by atoms with Crippen molar-refractivity contribution < 1.29 is 14.7 Å². The molecule has 1 atom stereocenters. The minimum atomic E-state index is -1.02. The Labute approximate surface area is 257 Å². The van der Waals surface area contributed by atoms with Crippen LogP contribution in [0.25, 0.3) is 11.1 Å². The molecule has 2 N–H and O–H groups in total. The van der Waals surface area contributed by atoms with E-state index in [1.807, 2.05) is 61.3 Å². The van der Waals surface area contributed by atoms with Crippen LogP contribution in [0.15, 0.2) is 78.4 Å². The van der Waals surface area contributed by atoms with Gasteiger partial charge in [-0.15, -0.1) is 11.3 Å².